The number of carbonyl (C=O) groups is 1. The number of nitrogens with two attached hydrogens (primary N) is 1. The highest BCUT2D eigenvalue weighted by Crippen LogP contribution is 2.28. The first kappa shape index (κ1) is 13.3. The first-order valence-electron chi connectivity index (χ1n) is 5.60. The highest BCUT2D eigenvalue weighted by atomic mass is 35.5. The molecule has 0 aliphatic carbocycles. The van der Waals surface area contributed by atoms with E-state index in [1.165, 1.54) is 11.3 Å². The standard InChI is InChI=1S/C12H14ClN3OS/c1-6(2)10(14)11(17)16-12-15-8-4-3-7(13)5-9(8)18-12/h3-6,10H,14H2,1-2H3,(H,15,16,17)/t10-/m0/s1. The SMILES string of the molecule is CC(C)[C@H](N)C(=O)Nc1nc2ccc(Cl)cc2s1. The first-order valence-corrected chi connectivity index (χ1v) is 6.79. The second-order valence-corrected chi connectivity index (χ2v) is 5.86. The second-order valence-electron chi connectivity index (χ2n) is 4.39. The van der Waals surface area contributed by atoms with Gasteiger partial charge in [0.15, 0.2) is 5.13 Å². The molecule has 18 heavy (non-hydrogen) atoms. The van der Waals surface area contributed by atoms with Crippen molar-refractivity contribution in [3.8, 4) is 0 Å². The van der Waals surface area contributed by atoms with E-state index in [1.807, 2.05) is 26.0 Å². The normalized spacial score (nSPS) is 12.9. The lowest BCUT2D eigenvalue weighted by atomic mass is 10.1. The maximum absolute atomic E-state index is 11.8. The van der Waals surface area contributed by atoms with Crippen molar-refractivity contribution < 1.29 is 4.79 Å². The van der Waals surface area contributed by atoms with Gasteiger partial charge in [-0.25, -0.2) is 4.98 Å². The van der Waals surface area contributed by atoms with Gasteiger partial charge in [0.05, 0.1) is 16.3 Å². The van der Waals surface area contributed by atoms with Crippen LogP contribution in [-0.4, -0.2) is 16.9 Å². The van der Waals surface area contributed by atoms with E-state index in [4.69, 9.17) is 17.3 Å². The zero-order valence-electron chi connectivity index (χ0n) is 10.1. The molecule has 0 radical (unpaired) electrons. The average molecular weight is 284 g/mol. The molecule has 0 aliphatic rings. The Kier molecular flexibility index (Phi) is 3.85. The van der Waals surface area contributed by atoms with E-state index in [0.717, 1.165) is 10.2 Å². The van der Waals surface area contributed by atoms with Gasteiger partial charge in [-0.15, -0.1) is 0 Å². The lowest BCUT2D eigenvalue weighted by molar-refractivity contribution is -0.118. The van der Waals surface area contributed by atoms with Gasteiger partial charge in [-0.3, -0.25) is 4.79 Å². The average Bonchev–Trinajstić information content (AvgIpc) is 2.68. The van der Waals surface area contributed by atoms with Gasteiger partial charge in [0.2, 0.25) is 5.91 Å². The number of halogens is 1. The number of fused-ring (bicyclic) bond motifs is 1. The Labute approximate surface area is 114 Å². The number of nitrogens with one attached hydrogen (secondary N) is 1. The summed E-state index contributed by atoms with van der Waals surface area (Å²) < 4.78 is 0.941. The number of hydrogen-bond donors (Lipinski definition) is 2. The summed E-state index contributed by atoms with van der Waals surface area (Å²) in [4.78, 5) is 16.1. The molecule has 1 amide bonds. The summed E-state index contributed by atoms with van der Waals surface area (Å²) >= 11 is 7.28. The number of benzene rings is 1. The Morgan fingerprint density at radius 3 is 2.89 bits per heavy atom. The van der Waals surface area contributed by atoms with Crippen molar-refractivity contribution in [3.63, 3.8) is 0 Å². The molecule has 0 unspecified atom stereocenters. The van der Waals surface area contributed by atoms with Crippen LogP contribution in [0.15, 0.2) is 18.2 Å². The number of thiazole rings is 1. The van der Waals surface area contributed by atoms with E-state index in [-0.39, 0.29) is 11.8 Å². The molecule has 0 spiro atoms. The summed E-state index contributed by atoms with van der Waals surface area (Å²) in [5.41, 5.74) is 6.59. The van der Waals surface area contributed by atoms with Gasteiger partial charge in [-0.05, 0) is 24.1 Å². The molecule has 0 aliphatic heterocycles. The number of anilines is 1. The lowest BCUT2D eigenvalue weighted by Gasteiger charge is -2.13. The van der Waals surface area contributed by atoms with Crippen molar-refractivity contribution >= 4 is 44.2 Å². The highest BCUT2D eigenvalue weighted by molar-refractivity contribution is 7.22. The molecule has 0 fully saturated rings. The molecule has 4 nitrogen and oxygen atoms in total. The van der Waals surface area contributed by atoms with Crippen molar-refractivity contribution in [2.24, 2.45) is 11.7 Å². The maximum atomic E-state index is 11.8. The minimum Gasteiger partial charge on any atom is -0.320 e. The Hall–Kier alpha value is -1.17. The number of rotatable bonds is 3. The largest absolute Gasteiger partial charge is 0.320 e. The quantitative estimate of drug-likeness (QED) is 0.910. The van der Waals surface area contributed by atoms with E-state index in [9.17, 15) is 4.79 Å². The van der Waals surface area contributed by atoms with Crippen LogP contribution in [0.25, 0.3) is 10.2 Å². The molecule has 1 aromatic carbocycles. The minimum atomic E-state index is -0.527. The molecule has 3 N–H and O–H groups in total. The predicted octanol–water partition coefficient (Wildman–Crippen LogP) is 2.87. The molecular weight excluding hydrogens is 270 g/mol. The van der Waals surface area contributed by atoms with Crippen molar-refractivity contribution in [2.45, 2.75) is 19.9 Å². The van der Waals surface area contributed by atoms with E-state index in [0.29, 0.717) is 10.2 Å². The summed E-state index contributed by atoms with van der Waals surface area (Å²) in [6.07, 6.45) is 0. The zero-order chi connectivity index (χ0) is 13.3. The van der Waals surface area contributed by atoms with Gasteiger partial charge in [0, 0.05) is 5.02 Å². The Morgan fingerprint density at radius 1 is 1.50 bits per heavy atom. The monoisotopic (exact) mass is 283 g/mol. The van der Waals surface area contributed by atoms with Crippen LogP contribution in [0.2, 0.25) is 5.02 Å². The van der Waals surface area contributed by atoms with Crippen molar-refractivity contribution in [3.05, 3.63) is 23.2 Å². The number of nitrogens with zero attached hydrogens (tertiary/aromatic N) is 1. The number of amides is 1. The summed E-state index contributed by atoms with van der Waals surface area (Å²) in [6.45, 7) is 3.81. The fourth-order valence-electron chi connectivity index (χ4n) is 1.44. The molecule has 1 atom stereocenters. The number of aromatic nitrogens is 1. The van der Waals surface area contributed by atoms with Gasteiger partial charge in [0.25, 0.3) is 0 Å². The Balaban J connectivity index is 2.20. The summed E-state index contributed by atoms with van der Waals surface area (Å²) in [6, 6.07) is 4.90. The van der Waals surface area contributed by atoms with Crippen LogP contribution in [0.4, 0.5) is 5.13 Å². The Morgan fingerprint density at radius 2 is 2.22 bits per heavy atom. The topological polar surface area (TPSA) is 68.0 Å². The van der Waals surface area contributed by atoms with Crippen LogP contribution in [0.3, 0.4) is 0 Å². The third-order valence-electron chi connectivity index (χ3n) is 2.60. The molecule has 96 valence electrons. The van der Waals surface area contributed by atoms with Crippen molar-refractivity contribution in [1.29, 1.82) is 0 Å². The molecule has 1 aromatic heterocycles. The third-order valence-corrected chi connectivity index (χ3v) is 3.77. The highest BCUT2D eigenvalue weighted by Gasteiger charge is 2.18. The second kappa shape index (κ2) is 5.22. The van der Waals surface area contributed by atoms with Crippen molar-refractivity contribution in [1.82, 2.24) is 4.98 Å². The van der Waals surface area contributed by atoms with E-state index in [2.05, 4.69) is 10.3 Å². The summed E-state index contributed by atoms with van der Waals surface area (Å²) in [7, 11) is 0. The smallest absolute Gasteiger partial charge is 0.243 e. The molecule has 0 saturated heterocycles. The molecule has 6 heteroatoms. The summed E-state index contributed by atoms with van der Waals surface area (Å²) in [5, 5.41) is 3.94. The van der Waals surface area contributed by atoms with E-state index in [1.54, 1.807) is 6.07 Å². The Bertz CT molecular complexity index is 582. The van der Waals surface area contributed by atoms with E-state index < -0.39 is 6.04 Å². The molecular formula is C12H14ClN3OS. The molecule has 0 saturated carbocycles. The van der Waals surface area contributed by atoms with Crippen molar-refractivity contribution in [2.75, 3.05) is 5.32 Å². The summed E-state index contributed by atoms with van der Waals surface area (Å²) in [5.74, 6) is -0.121. The van der Waals surface area contributed by atoms with Crippen LogP contribution in [0.5, 0.6) is 0 Å². The minimum absolute atomic E-state index is 0.0915. The first-order chi connectivity index (χ1) is 8.47. The molecule has 2 rings (SSSR count). The fraction of sp³-hybridized carbons (Fsp3) is 0.333. The van der Waals surface area contributed by atoms with Gasteiger partial charge >= 0.3 is 0 Å². The van der Waals surface area contributed by atoms with E-state index >= 15 is 0 Å². The van der Waals surface area contributed by atoms with Crippen LogP contribution in [0, 0.1) is 5.92 Å². The van der Waals surface area contributed by atoms with Gasteiger partial charge < -0.3 is 11.1 Å². The molecule has 1 heterocycles. The predicted molar refractivity (Wildman–Crippen MR) is 76.1 cm³/mol. The van der Waals surface area contributed by atoms with Gasteiger partial charge in [-0.2, -0.15) is 0 Å². The number of hydrogen-bond acceptors (Lipinski definition) is 4. The fourth-order valence-corrected chi connectivity index (χ4v) is 2.59. The zero-order valence-corrected chi connectivity index (χ0v) is 11.7. The van der Waals surface area contributed by atoms with Gasteiger partial charge in [-0.1, -0.05) is 36.8 Å². The van der Waals surface area contributed by atoms with Crippen LogP contribution in [-0.2, 0) is 4.79 Å². The third kappa shape index (κ3) is 2.80. The maximum Gasteiger partial charge on any atom is 0.243 e. The van der Waals surface area contributed by atoms with Crippen LogP contribution < -0.4 is 11.1 Å². The number of carbonyl (C=O) groups excluding carboxylic acids is 1. The molecule has 2 aromatic rings. The lowest BCUT2D eigenvalue weighted by Crippen LogP contribution is -2.39. The van der Waals surface area contributed by atoms with Crippen LogP contribution >= 0.6 is 22.9 Å². The molecule has 0 bridgehead atoms. The van der Waals surface area contributed by atoms with Crippen LogP contribution in [0.1, 0.15) is 13.8 Å². The van der Waals surface area contributed by atoms with Gasteiger partial charge in [0.1, 0.15) is 0 Å².